The van der Waals surface area contributed by atoms with E-state index < -0.39 is 33.2 Å². The third-order valence-corrected chi connectivity index (χ3v) is 5.38. The van der Waals surface area contributed by atoms with Crippen LogP contribution >= 0.6 is 0 Å². The molecule has 0 spiro atoms. The molecule has 1 aliphatic heterocycles. The van der Waals surface area contributed by atoms with E-state index in [2.05, 4.69) is 10.2 Å². The first kappa shape index (κ1) is 15.9. The second-order valence-electron chi connectivity index (χ2n) is 5.89. The molecule has 3 rings (SSSR count). The van der Waals surface area contributed by atoms with Crippen molar-refractivity contribution >= 4 is 15.9 Å². The molecular formula is C13H12F3N3O3S. The van der Waals surface area contributed by atoms with E-state index in [0.717, 1.165) is 24.3 Å². The fraction of sp³-hybridized carbons (Fsp3) is 0.462. The van der Waals surface area contributed by atoms with Gasteiger partial charge in [0.2, 0.25) is 5.91 Å². The number of nitrogens with zero attached hydrogens (tertiary/aromatic N) is 2. The lowest BCUT2D eigenvalue weighted by atomic mass is 10.0. The van der Waals surface area contributed by atoms with Crippen LogP contribution in [0.5, 0.6) is 0 Å². The highest BCUT2D eigenvalue weighted by molar-refractivity contribution is 7.90. The zero-order valence-electron chi connectivity index (χ0n) is 11.9. The van der Waals surface area contributed by atoms with Crippen molar-refractivity contribution in [1.29, 1.82) is 0 Å². The molecule has 6 nitrogen and oxygen atoms in total. The van der Waals surface area contributed by atoms with Crippen molar-refractivity contribution in [2.45, 2.75) is 36.5 Å². The lowest BCUT2D eigenvalue weighted by molar-refractivity contribution is -0.166. The Morgan fingerprint density at radius 3 is 2.09 bits per heavy atom. The van der Waals surface area contributed by atoms with Crippen LogP contribution in [-0.2, 0) is 20.5 Å². The molecule has 0 atom stereocenters. The molecule has 0 radical (unpaired) electrons. The van der Waals surface area contributed by atoms with Gasteiger partial charge < -0.3 is 0 Å². The first-order valence-corrected chi connectivity index (χ1v) is 8.17. The summed E-state index contributed by atoms with van der Waals surface area (Å²) >= 11 is 0. The quantitative estimate of drug-likeness (QED) is 0.907. The Hall–Kier alpha value is -1.97. The smallest absolute Gasteiger partial charge is 0.273 e. The maximum Gasteiger partial charge on any atom is 0.442 e. The number of halogens is 3. The summed E-state index contributed by atoms with van der Waals surface area (Å²) in [5.41, 5.74) is -3.55. The summed E-state index contributed by atoms with van der Waals surface area (Å²) < 4.78 is 64.7. The van der Waals surface area contributed by atoms with Crippen LogP contribution in [0, 0.1) is 5.41 Å². The van der Waals surface area contributed by atoms with E-state index in [4.69, 9.17) is 0 Å². The van der Waals surface area contributed by atoms with Gasteiger partial charge in [0, 0.05) is 11.0 Å². The summed E-state index contributed by atoms with van der Waals surface area (Å²) in [6.07, 6.45) is -3.48. The van der Waals surface area contributed by atoms with Gasteiger partial charge in [0.05, 0.1) is 4.90 Å². The Morgan fingerprint density at radius 1 is 1.17 bits per heavy atom. The van der Waals surface area contributed by atoms with Gasteiger partial charge in [-0.05, 0) is 25.0 Å². The number of sulfonamides is 1. The van der Waals surface area contributed by atoms with Crippen LogP contribution in [0.1, 0.15) is 25.3 Å². The number of carbonyl (C=O) groups excluding carboxylic acids is 1. The number of nitrogens with one attached hydrogen (secondary N) is 1. The highest BCUT2D eigenvalue weighted by atomic mass is 32.2. The second kappa shape index (κ2) is 4.53. The van der Waals surface area contributed by atoms with Gasteiger partial charge in [-0.25, -0.2) is 13.1 Å². The summed E-state index contributed by atoms with van der Waals surface area (Å²) in [5.74, 6) is -0.611. The molecule has 1 amide bonds. The molecule has 1 N–H and O–H groups in total. The van der Waals surface area contributed by atoms with Crippen LogP contribution < -0.4 is 4.72 Å². The molecule has 1 saturated carbocycles. The van der Waals surface area contributed by atoms with E-state index in [9.17, 15) is 26.4 Å². The van der Waals surface area contributed by atoms with Crippen molar-refractivity contribution in [3.8, 4) is 0 Å². The Bertz CT molecular complexity index is 790. The number of hydrogen-bond donors (Lipinski definition) is 1. The van der Waals surface area contributed by atoms with Gasteiger partial charge in [-0.3, -0.25) is 4.79 Å². The molecule has 0 aromatic heterocycles. The van der Waals surface area contributed by atoms with Gasteiger partial charge in [0.25, 0.3) is 10.0 Å². The lowest BCUT2D eigenvalue weighted by Gasteiger charge is -2.15. The average molecular weight is 347 g/mol. The lowest BCUT2D eigenvalue weighted by Crippen LogP contribution is -2.35. The number of alkyl halides is 3. The molecule has 2 aliphatic rings. The Morgan fingerprint density at radius 2 is 1.70 bits per heavy atom. The molecule has 1 aromatic rings. The van der Waals surface area contributed by atoms with E-state index in [1.807, 2.05) is 4.72 Å². The largest absolute Gasteiger partial charge is 0.442 e. The highest BCUT2D eigenvalue weighted by Crippen LogP contribution is 2.52. The first-order chi connectivity index (χ1) is 10.5. The molecule has 1 aromatic carbocycles. The van der Waals surface area contributed by atoms with E-state index in [1.54, 1.807) is 6.92 Å². The number of amides is 1. The molecule has 124 valence electrons. The molecule has 1 fully saturated rings. The van der Waals surface area contributed by atoms with E-state index in [-0.39, 0.29) is 10.5 Å². The number of carbonyl (C=O) groups is 1. The molecule has 0 saturated heterocycles. The van der Waals surface area contributed by atoms with Crippen LogP contribution in [0.4, 0.5) is 13.2 Å². The maximum atomic E-state index is 12.9. The minimum Gasteiger partial charge on any atom is -0.273 e. The van der Waals surface area contributed by atoms with Crippen molar-refractivity contribution in [3.63, 3.8) is 0 Å². The minimum absolute atomic E-state index is 0.274. The average Bonchev–Trinajstić information content (AvgIpc) is 3.32. The minimum atomic E-state index is -4.68. The predicted molar refractivity (Wildman–Crippen MR) is 71.7 cm³/mol. The fourth-order valence-corrected chi connectivity index (χ4v) is 3.13. The monoisotopic (exact) mass is 347 g/mol. The van der Waals surface area contributed by atoms with E-state index >= 15 is 0 Å². The van der Waals surface area contributed by atoms with E-state index in [1.165, 1.54) is 0 Å². The van der Waals surface area contributed by atoms with Crippen molar-refractivity contribution in [2.75, 3.05) is 0 Å². The Balaban J connectivity index is 1.81. The third-order valence-electron chi connectivity index (χ3n) is 4.04. The van der Waals surface area contributed by atoms with Gasteiger partial charge in [0.1, 0.15) is 0 Å². The van der Waals surface area contributed by atoms with Gasteiger partial charge in [-0.2, -0.15) is 13.2 Å². The Labute approximate surface area is 129 Å². The molecule has 23 heavy (non-hydrogen) atoms. The summed E-state index contributed by atoms with van der Waals surface area (Å²) in [6, 6.07) is 3.98. The van der Waals surface area contributed by atoms with Crippen molar-refractivity contribution in [2.24, 2.45) is 15.6 Å². The normalized spacial score (nSPS) is 20.9. The van der Waals surface area contributed by atoms with Gasteiger partial charge >= 0.3 is 11.8 Å². The summed E-state index contributed by atoms with van der Waals surface area (Å²) in [4.78, 5) is 11.5. The number of rotatable bonds is 4. The van der Waals surface area contributed by atoms with Crippen LogP contribution in [0.15, 0.2) is 39.4 Å². The van der Waals surface area contributed by atoms with Crippen LogP contribution in [-0.4, -0.2) is 20.5 Å². The van der Waals surface area contributed by atoms with Gasteiger partial charge in [-0.1, -0.05) is 19.1 Å². The SMILES string of the molecule is CC1(C(=O)NS(=O)(=O)c2ccc(C3(C(F)(F)F)N=N3)cc2)CC1. The van der Waals surface area contributed by atoms with Gasteiger partial charge in [0.15, 0.2) is 0 Å². The fourth-order valence-electron chi connectivity index (χ4n) is 2.03. The molecule has 10 heteroatoms. The van der Waals surface area contributed by atoms with Crippen molar-refractivity contribution in [3.05, 3.63) is 29.8 Å². The topological polar surface area (TPSA) is 88.0 Å². The summed E-state index contributed by atoms with van der Waals surface area (Å²) in [5, 5.41) is 6.07. The van der Waals surface area contributed by atoms with Gasteiger partial charge in [-0.15, -0.1) is 10.2 Å². The van der Waals surface area contributed by atoms with Crippen molar-refractivity contribution in [1.82, 2.24) is 4.72 Å². The molecule has 1 heterocycles. The third kappa shape index (κ3) is 2.60. The second-order valence-corrected chi connectivity index (χ2v) is 7.57. The molecule has 0 unspecified atom stereocenters. The summed E-state index contributed by atoms with van der Waals surface area (Å²) in [6.45, 7) is 1.64. The van der Waals surface area contributed by atoms with Crippen LogP contribution in [0.2, 0.25) is 0 Å². The predicted octanol–water partition coefficient (Wildman–Crippen LogP) is 2.47. The standard InChI is InChI=1S/C13H12F3N3O3S/c1-11(6-7-11)10(20)17-23(21,22)9-4-2-8(3-5-9)12(18-19-12)13(14,15)16/h2-5H,6-7H2,1H3,(H,17,20). The molecule has 1 aliphatic carbocycles. The molecule has 0 bridgehead atoms. The zero-order chi connectivity index (χ0) is 17.1. The number of hydrogen-bond acceptors (Lipinski definition) is 5. The molecular weight excluding hydrogens is 335 g/mol. The van der Waals surface area contributed by atoms with E-state index in [0.29, 0.717) is 12.8 Å². The number of benzene rings is 1. The van der Waals surface area contributed by atoms with Crippen LogP contribution in [0.25, 0.3) is 0 Å². The maximum absolute atomic E-state index is 12.9. The zero-order valence-corrected chi connectivity index (χ0v) is 12.7. The highest BCUT2D eigenvalue weighted by Gasteiger charge is 2.65. The first-order valence-electron chi connectivity index (χ1n) is 6.69. The summed E-state index contributed by atoms with van der Waals surface area (Å²) in [7, 11) is -4.12. The van der Waals surface area contributed by atoms with Crippen LogP contribution in [0.3, 0.4) is 0 Å². The van der Waals surface area contributed by atoms with Crippen molar-refractivity contribution < 1.29 is 26.4 Å². The Kier molecular flexibility index (Phi) is 3.13.